The summed E-state index contributed by atoms with van der Waals surface area (Å²) < 4.78 is 11.3. The van der Waals surface area contributed by atoms with E-state index in [2.05, 4.69) is 0 Å². The van der Waals surface area contributed by atoms with Crippen LogP contribution < -0.4 is 4.74 Å². The molecule has 190 valence electrons. The van der Waals surface area contributed by atoms with E-state index in [0.717, 1.165) is 5.56 Å². The lowest BCUT2D eigenvalue weighted by Gasteiger charge is -2.37. The summed E-state index contributed by atoms with van der Waals surface area (Å²) in [5.41, 5.74) is 3.60. The van der Waals surface area contributed by atoms with E-state index in [4.69, 9.17) is 26.1 Å². The van der Waals surface area contributed by atoms with Gasteiger partial charge in [0.05, 0.1) is 12.7 Å². The number of ether oxygens (including phenoxy) is 2. The summed E-state index contributed by atoms with van der Waals surface area (Å²) in [7, 11) is 0. The molecule has 36 heavy (non-hydrogen) atoms. The number of allylic oxidation sites excluding steroid dienone is 2. The molecule has 0 bridgehead atoms. The van der Waals surface area contributed by atoms with Crippen LogP contribution in [0.4, 0.5) is 0 Å². The second-order valence-electron chi connectivity index (χ2n) is 9.46. The molecular weight excluding hydrogens is 478 g/mol. The average Bonchev–Trinajstić information content (AvgIpc) is 2.84. The van der Waals surface area contributed by atoms with Gasteiger partial charge in [0, 0.05) is 34.3 Å². The van der Waals surface area contributed by atoms with Gasteiger partial charge in [-0.15, -0.1) is 0 Å². The number of aromatic hydroxyl groups is 1. The molecular formula is C29H32ClNO5. The first-order valence-corrected chi connectivity index (χ1v) is 12.8. The number of hydrogen-bond donors (Lipinski definition) is 1. The predicted molar refractivity (Wildman–Crippen MR) is 140 cm³/mol. The molecule has 1 heterocycles. The monoisotopic (exact) mass is 509 g/mol. The molecule has 0 aromatic heterocycles. The van der Waals surface area contributed by atoms with E-state index >= 15 is 0 Å². The highest BCUT2D eigenvalue weighted by molar-refractivity contribution is 6.30. The Labute approximate surface area is 217 Å². The first-order chi connectivity index (χ1) is 17.2. The van der Waals surface area contributed by atoms with Crippen LogP contribution in [0.15, 0.2) is 58.7 Å². The van der Waals surface area contributed by atoms with Crippen molar-refractivity contribution < 1.29 is 24.2 Å². The molecule has 7 heteroatoms. The van der Waals surface area contributed by atoms with E-state index in [1.165, 1.54) is 0 Å². The van der Waals surface area contributed by atoms with Gasteiger partial charge in [-0.05, 0) is 74.9 Å². The topological polar surface area (TPSA) is 85.2 Å². The quantitative estimate of drug-likeness (QED) is 0.439. The fourth-order valence-corrected chi connectivity index (χ4v) is 5.17. The lowest BCUT2D eigenvalue weighted by Crippen LogP contribution is -2.39. The third-order valence-electron chi connectivity index (χ3n) is 7.02. The van der Waals surface area contributed by atoms with Crippen LogP contribution in [0, 0.1) is 5.92 Å². The van der Waals surface area contributed by atoms with Crippen LogP contribution in [0.1, 0.15) is 69.9 Å². The highest BCUT2D eigenvalue weighted by Gasteiger charge is 2.45. The van der Waals surface area contributed by atoms with Crippen LogP contribution in [-0.2, 0) is 14.3 Å². The number of phenols is 1. The average molecular weight is 510 g/mol. The van der Waals surface area contributed by atoms with Gasteiger partial charge in [-0.3, -0.25) is 14.6 Å². The van der Waals surface area contributed by atoms with Gasteiger partial charge in [0.15, 0.2) is 17.3 Å². The number of ketones is 1. The molecule has 0 fully saturated rings. The van der Waals surface area contributed by atoms with Gasteiger partial charge in [-0.25, -0.2) is 0 Å². The van der Waals surface area contributed by atoms with E-state index in [1.54, 1.807) is 18.2 Å². The zero-order chi connectivity index (χ0) is 26.0. The predicted octanol–water partition coefficient (Wildman–Crippen LogP) is 6.36. The lowest BCUT2D eigenvalue weighted by molar-refractivity contribution is -0.151. The summed E-state index contributed by atoms with van der Waals surface area (Å²) >= 11 is 6.06. The van der Waals surface area contributed by atoms with Crippen molar-refractivity contribution in [3.63, 3.8) is 0 Å². The summed E-state index contributed by atoms with van der Waals surface area (Å²) in [5, 5.41) is 10.9. The molecule has 2 aromatic carbocycles. The maximum Gasteiger partial charge on any atom is 0.315 e. The number of carbonyl (C=O) groups excluding carboxylic acids is 2. The fourth-order valence-electron chi connectivity index (χ4n) is 5.05. The van der Waals surface area contributed by atoms with Gasteiger partial charge >= 0.3 is 5.97 Å². The van der Waals surface area contributed by atoms with Crippen molar-refractivity contribution in [1.82, 2.24) is 0 Å². The summed E-state index contributed by atoms with van der Waals surface area (Å²) in [6.45, 7) is 7.83. The Bertz CT molecular complexity index is 1220. The largest absolute Gasteiger partial charge is 0.504 e. The summed E-state index contributed by atoms with van der Waals surface area (Å²) in [5.74, 6) is -1.46. The Morgan fingerprint density at radius 1 is 1.14 bits per heavy atom. The summed E-state index contributed by atoms with van der Waals surface area (Å²) in [4.78, 5) is 31.9. The number of phenolic OH excluding ortho intramolecular Hbond substituents is 1. The number of carbonyl (C=O) groups is 2. The van der Waals surface area contributed by atoms with E-state index in [0.29, 0.717) is 59.2 Å². The minimum atomic E-state index is -0.743. The molecule has 1 aliphatic carbocycles. The van der Waals surface area contributed by atoms with Crippen LogP contribution in [0.2, 0.25) is 5.02 Å². The van der Waals surface area contributed by atoms with Gasteiger partial charge in [-0.2, -0.15) is 0 Å². The lowest BCUT2D eigenvalue weighted by atomic mass is 9.69. The van der Waals surface area contributed by atoms with Gasteiger partial charge in [0.2, 0.25) is 0 Å². The van der Waals surface area contributed by atoms with Crippen LogP contribution in [0.3, 0.4) is 0 Å². The number of aliphatic imine (C=N–C) groups is 1. The van der Waals surface area contributed by atoms with Crippen molar-refractivity contribution in [2.75, 3.05) is 6.61 Å². The number of nitrogens with zero attached hydrogens (tertiary/aromatic N) is 1. The highest BCUT2D eigenvalue weighted by atomic mass is 35.5. The SMILES string of the molecule is CCOc1cc([C@@H]2C3=C(C[C@@H](c4ccc(Cl)cc4)CC3=O)N=C(C)C2C(=O)O[C@@H](C)CC)ccc1O. The third kappa shape index (κ3) is 5.19. The molecule has 2 aromatic rings. The Hall–Kier alpha value is -3.12. The minimum Gasteiger partial charge on any atom is -0.504 e. The Balaban J connectivity index is 1.80. The molecule has 4 atom stereocenters. The molecule has 0 spiro atoms. The van der Waals surface area contributed by atoms with E-state index < -0.39 is 17.8 Å². The number of esters is 1. The molecule has 1 unspecified atom stereocenters. The maximum absolute atomic E-state index is 13.7. The summed E-state index contributed by atoms with van der Waals surface area (Å²) in [6.07, 6.45) is 1.33. The molecule has 0 radical (unpaired) electrons. The molecule has 0 saturated heterocycles. The van der Waals surface area contributed by atoms with Crippen molar-refractivity contribution in [3.05, 3.63) is 69.9 Å². The molecule has 0 saturated carbocycles. The van der Waals surface area contributed by atoms with Crippen LogP contribution in [0.25, 0.3) is 0 Å². The van der Waals surface area contributed by atoms with Crippen molar-refractivity contribution in [2.45, 2.75) is 64.9 Å². The van der Waals surface area contributed by atoms with Crippen LogP contribution >= 0.6 is 11.6 Å². The van der Waals surface area contributed by atoms with Gasteiger partial charge in [0.25, 0.3) is 0 Å². The van der Waals surface area contributed by atoms with E-state index in [-0.39, 0.29) is 23.6 Å². The number of hydrogen-bond acceptors (Lipinski definition) is 6. The van der Waals surface area contributed by atoms with E-state index in [9.17, 15) is 14.7 Å². The standard InChI is InChI=1S/C29H32ClNO5/c1-5-16(3)36-29(34)26-17(4)31-22-13-20(18-7-10-21(30)11-8-18)14-24(33)28(22)27(26)19-9-12-23(32)25(15-19)35-6-2/h7-12,15-16,20,26-27,32H,5-6,13-14H2,1-4H3/t16-,20+,26?,27-/m0/s1. The number of rotatable bonds is 7. The molecule has 2 aliphatic rings. The zero-order valence-corrected chi connectivity index (χ0v) is 21.8. The smallest absolute Gasteiger partial charge is 0.315 e. The van der Waals surface area contributed by atoms with Crippen molar-refractivity contribution in [2.24, 2.45) is 10.9 Å². The molecule has 1 aliphatic heterocycles. The zero-order valence-electron chi connectivity index (χ0n) is 21.1. The number of Topliss-reactive ketones (excluding diaryl/α,β-unsaturated/α-hetero) is 1. The molecule has 0 amide bonds. The second kappa shape index (κ2) is 10.9. The highest BCUT2D eigenvalue weighted by Crippen LogP contribution is 2.48. The molecule has 4 rings (SSSR count). The van der Waals surface area contributed by atoms with Crippen molar-refractivity contribution in [3.8, 4) is 11.5 Å². The third-order valence-corrected chi connectivity index (χ3v) is 7.27. The molecule has 6 nitrogen and oxygen atoms in total. The molecule has 1 N–H and O–H groups in total. The Morgan fingerprint density at radius 3 is 2.50 bits per heavy atom. The van der Waals surface area contributed by atoms with Crippen molar-refractivity contribution >= 4 is 29.1 Å². The second-order valence-corrected chi connectivity index (χ2v) is 9.90. The van der Waals surface area contributed by atoms with Gasteiger partial charge in [-0.1, -0.05) is 36.7 Å². The Kier molecular flexibility index (Phi) is 7.84. The normalized spacial score (nSPS) is 22.5. The first-order valence-electron chi connectivity index (χ1n) is 12.5. The fraction of sp³-hybridized carbons (Fsp3) is 0.414. The van der Waals surface area contributed by atoms with E-state index in [1.807, 2.05) is 52.0 Å². The number of halogens is 1. The first kappa shape index (κ1) is 26.0. The van der Waals surface area contributed by atoms with Crippen LogP contribution in [0.5, 0.6) is 11.5 Å². The van der Waals surface area contributed by atoms with Crippen molar-refractivity contribution in [1.29, 1.82) is 0 Å². The maximum atomic E-state index is 13.7. The van der Waals surface area contributed by atoms with Gasteiger partial charge in [0.1, 0.15) is 5.92 Å². The van der Waals surface area contributed by atoms with Gasteiger partial charge < -0.3 is 14.6 Å². The minimum absolute atomic E-state index is 0.00695. The van der Waals surface area contributed by atoms with Crippen LogP contribution in [-0.4, -0.2) is 35.3 Å². The number of benzene rings is 2. The Morgan fingerprint density at radius 2 is 1.83 bits per heavy atom. The summed E-state index contributed by atoms with van der Waals surface area (Å²) in [6, 6.07) is 12.6.